The van der Waals surface area contributed by atoms with Crippen LogP contribution in [0.3, 0.4) is 0 Å². The lowest BCUT2D eigenvalue weighted by atomic mass is 10.0. The predicted octanol–water partition coefficient (Wildman–Crippen LogP) is 9.41. The molecular formula is C38H64N3O2+. The van der Waals surface area contributed by atoms with E-state index in [-0.39, 0.29) is 6.42 Å². The number of pyridine rings is 2. The molecule has 0 aromatic carbocycles. The molecule has 0 unspecified atom stereocenters. The number of carboxylic acid groups (broad SMARTS) is 1. The first-order chi connectivity index (χ1) is 21.2. The minimum atomic E-state index is -0.719. The standard InChI is InChI=1S/C38H63N3O2/c42-38(43)28-31-39-29-20-16-12-8-4-3-7-11-15-19-25-37-27-23-33-41(35-37)32-21-17-13-9-5-1-2-6-10-14-18-24-36-26-22-30-40-34-36/h22-23,26-27,30,33-35,39H,1-21,24-25,28-29,31-32H2/p+1. The van der Waals surface area contributed by atoms with Crippen molar-refractivity contribution in [1.29, 1.82) is 0 Å². The van der Waals surface area contributed by atoms with Crippen LogP contribution < -0.4 is 9.88 Å². The fraction of sp³-hybridized carbons (Fsp3) is 0.711. The number of aryl methyl sites for hydroxylation is 3. The molecule has 0 aliphatic rings. The molecule has 0 aliphatic heterocycles. The first-order valence-corrected chi connectivity index (χ1v) is 18.0. The van der Waals surface area contributed by atoms with Crippen molar-refractivity contribution in [2.75, 3.05) is 13.1 Å². The van der Waals surface area contributed by atoms with Gasteiger partial charge in [0.1, 0.15) is 6.54 Å². The third kappa shape index (κ3) is 22.9. The Balaban J connectivity index is 1.31. The summed E-state index contributed by atoms with van der Waals surface area (Å²) in [6.45, 7) is 2.70. The van der Waals surface area contributed by atoms with E-state index >= 15 is 0 Å². The second-order valence-electron chi connectivity index (χ2n) is 12.6. The van der Waals surface area contributed by atoms with E-state index < -0.39 is 5.97 Å². The first kappa shape index (κ1) is 36.9. The van der Waals surface area contributed by atoms with Crippen LogP contribution in [0.15, 0.2) is 49.1 Å². The van der Waals surface area contributed by atoms with Gasteiger partial charge in [-0.15, -0.1) is 0 Å². The average molecular weight is 595 g/mol. The molecule has 2 aromatic rings. The Labute approximate surface area is 264 Å². The monoisotopic (exact) mass is 594 g/mol. The zero-order valence-corrected chi connectivity index (χ0v) is 27.5. The molecule has 2 heterocycles. The van der Waals surface area contributed by atoms with Crippen LogP contribution in [0.1, 0.15) is 152 Å². The van der Waals surface area contributed by atoms with Crippen molar-refractivity contribution in [1.82, 2.24) is 10.3 Å². The summed E-state index contributed by atoms with van der Waals surface area (Å²) in [7, 11) is 0. The van der Waals surface area contributed by atoms with E-state index in [4.69, 9.17) is 5.11 Å². The van der Waals surface area contributed by atoms with Crippen LogP contribution in [0.4, 0.5) is 0 Å². The summed E-state index contributed by atoms with van der Waals surface area (Å²) in [5.74, 6) is -0.719. The highest BCUT2D eigenvalue weighted by atomic mass is 16.4. The van der Waals surface area contributed by atoms with E-state index in [0.29, 0.717) is 6.54 Å². The van der Waals surface area contributed by atoms with Crippen LogP contribution >= 0.6 is 0 Å². The maximum absolute atomic E-state index is 10.5. The molecule has 43 heavy (non-hydrogen) atoms. The molecule has 0 aliphatic carbocycles. The maximum Gasteiger partial charge on any atom is 0.304 e. The lowest BCUT2D eigenvalue weighted by Gasteiger charge is -2.05. The van der Waals surface area contributed by atoms with E-state index in [9.17, 15) is 4.79 Å². The molecule has 2 aromatic heterocycles. The highest BCUT2D eigenvalue weighted by molar-refractivity contribution is 5.66. The van der Waals surface area contributed by atoms with Gasteiger partial charge >= 0.3 is 5.97 Å². The van der Waals surface area contributed by atoms with Gasteiger partial charge in [-0.25, -0.2) is 4.57 Å². The van der Waals surface area contributed by atoms with Gasteiger partial charge in [-0.2, -0.15) is 0 Å². The number of hydrogen-bond donors (Lipinski definition) is 2. The molecule has 0 saturated heterocycles. The maximum atomic E-state index is 10.5. The molecule has 242 valence electrons. The van der Waals surface area contributed by atoms with Gasteiger partial charge in [0, 0.05) is 37.0 Å². The Bertz CT molecular complexity index is 905. The van der Waals surface area contributed by atoms with Gasteiger partial charge < -0.3 is 10.4 Å². The molecule has 0 bridgehead atoms. The number of aliphatic carboxylic acids is 1. The van der Waals surface area contributed by atoms with Crippen molar-refractivity contribution in [3.63, 3.8) is 0 Å². The van der Waals surface area contributed by atoms with E-state index in [1.807, 2.05) is 18.5 Å². The Morgan fingerprint density at radius 3 is 1.70 bits per heavy atom. The van der Waals surface area contributed by atoms with E-state index in [2.05, 4.69) is 45.5 Å². The van der Waals surface area contributed by atoms with Gasteiger partial charge in [-0.05, 0) is 62.8 Å². The Kier molecular flexibility index (Phi) is 23.4. The molecule has 5 heteroatoms. The van der Waals surface area contributed by atoms with Crippen LogP contribution in [0.2, 0.25) is 0 Å². The molecule has 0 fully saturated rings. The molecule has 2 N–H and O–H groups in total. The number of aromatic nitrogens is 2. The molecule has 0 atom stereocenters. The molecule has 0 radical (unpaired) electrons. The lowest BCUT2D eigenvalue weighted by molar-refractivity contribution is -0.697. The number of nitrogens with zero attached hydrogens (tertiary/aromatic N) is 2. The van der Waals surface area contributed by atoms with Gasteiger partial charge in [0.15, 0.2) is 12.4 Å². The van der Waals surface area contributed by atoms with Crippen molar-refractivity contribution < 1.29 is 14.5 Å². The lowest BCUT2D eigenvalue weighted by Crippen LogP contribution is -2.33. The van der Waals surface area contributed by atoms with Gasteiger partial charge in [-0.3, -0.25) is 9.78 Å². The van der Waals surface area contributed by atoms with Gasteiger partial charge in [0.2, 0.25) is 0 Å². The number of carbonyl (C=O) groups is 1. The van der Waals surface area contributed by atoms with Gasteiger partial charge in [-0.1, -0.05) is 109 Å². The minimum absolute atomic E-state index is 0.224. The van der Waals surface area contributed by atoms with Gasteiger partial charge in [0.05, 0.1) is 6.42 Å². The smallest absolute Gasteiger partial charge is 0.304 e. The zero-order valence-electron chi connectivity index (χ0n) is 27.5. The van der Waals surface area contributed by atoms with Crippen LogP contribution in [0.5, 0.6) is 0 Å². The normalized spacial score (nSPS) is 11.3. The van der Waals surface area contributed by atoms with Crippen molar-refractivity contribution in [3.05, 3.63) is 60.2 Å². The Hall–Kier alpha value is -2.27. The van der Waals surface area contributed by atoms with Crippen molar-refractivity contribution in [3.8, 4) is 0 Å². The third-order valence-corrected chi connectivity index (χ3v) is 8.61. The molecule has 0 spiro atoms. The summed E-state index contributed by atoms with van der Waals surface area (Å²) in [5, 5.41) is 11.8. The number of hydrogen-bond acceptors (Lipinski definition) is 3. The number of nitrogens with one attached hydrogen (secondary N) is 1. The Morgan fingerprint density at radius 1 is 0.628 bits per heavy atom. The van der Waals surface area contributed by atoms with Gasteiger partial charge in [0.25, 0.3) is 0 Å². The van der Waals surface area contributed by atoms with Crippen LogP contribution in [0.25, 0.3) is 0 Å². The highest BCUT2D eigenvalue weighted by Gasteiger charge is 2.04. The summed E-state index contributed by atoms with van der Waals surface area (Å²) >= 11 is 0. The molecule has 5 nitrogen and oxygen atoms in total. The highest BCUT2D eigenvalue weighted by Crippen LogP contribution is 2.14. The topological polar surface area (TPSA) is 66.1 Å². The summed E-state index contributed by atoms with van der Waals surface area (Å²) in [6.07, 6.45) is 39.5. The Morgan fingerprint density at radius 2 is 1.14 bits per heavy atom. The van der Waals surface area contributed by atoms with E-state index in [0.717, 1.165) is 19.5 Å². The van der Waals surface area contributed by atoms with Crippen LogP contribution in [-0.4, -0.2) is 29.1 Å². The molecule has 2 rings (SSSR count). The summed E-state index contributed by atoms with van der Waals surface area (Å²) < 4.78 is 2.41. The zero-order chi connectivity index (χ0) is 30.5. The van der Waals surface area contributed by atoms with Crippen molar-refractivity contribution >= 4 is 5.97 Å². The fourth-order valence-electron chi connectivity index (χ4n) is 5.94. The summed E-state index contributed by atoms with van der Waals surface area (Å²) in [6, 6.07) is 8.77. The van der Waals surface area contributed by atoms with Crippen LogP contribution in [-0.2, 0) is 24.2 Å². The second kappa shape index (κ2) is 27.3. The SMILES string of the molecule is O=C(O)CCNCCCCCCCCCCCCc1ccc[n+](CCCCCCCCCCCCCc2cccnc2)c1. The summed E-state index contributed by atoms with van der Waals surface area (Å²) in [5.41, 5.74) is 2.88. The number of rotatable bonds is 30. The quantitative estimate of drug-likeness (QED) is 0.0698. The molecule has 0 saturated carbocycles. The first-order valence-electron chi connectivity index (χ1n) is 18.0. The van der Waals surface area contributed by atoms with E-state index in [1.54, 1.807) is 0 Å². The number of carboxylic acids is 1. The largest absolute Gasteiger partial charge is 0.481 e. The molecular weight excluding hydrogens is 530 g/mol. The average Bonchev–Trinajstić information content (AvgIpc) is 3.02. The molecule has 0 amide bonds. The summed E-state index contributed by atoms with van der Waals surface area (Å²) in [4.78, 5) is 14.7. The van der Waals surface area contributed by atoms with Crippen LogP contribution in [0, 0.1) is 0 Å². The third-order valence-electron chi connectivity index (χ3n) is 8.61. The van der Waals surface area contributed by atoms with Crippen molar-refractivity contribution in [2.24, 2.45) is 0 Å². The predicted molar refractivity (Wildman–Crippen MR) is 180 cm³/mol. The minimum Gasteiger partial charge on any atom is -0.481 e. The number of unbranched alkanes of at least 4 members (excludes halogenated alkanes) is 19. The second-order valence-corrected chi connectivity index (χ2v) is 12.6. The van der Waals surface area contributed by atoms with Crippen molar-refractivity contribution in [2.45, 2.75) is 161 Å². The van der Waals surface area contributed by atoms with E-state index in [1.165, 1.54) is 152 Å². The fourth-order valence-corrected chi connectivity index (χ4v) is 5.94.